The maximum atomic E-state index is 13.8. The second-order valence-corrected chi connectivity index (χ2v) is 21.9. The van der Waals surface area contributed by atoms with Crippen LogP contribution in [0.3, 0.4) is 0 Å². The Hall–Kier alpha value is -5.38. The van der Waals surface area contributed by atoms with E-state index in [0.717, 1.165) is 62.5 Å². The van der Waals surface area contributed by atoms with Gasteiger partial charge in [0.25, 0.3) is 0 Å². The Morgan fingerprint density at radius 1 is 0.649 bits per heavy atom. The first kappa shape index (κ1) is 61.2. The first-order valence-electron chi connectivity index (χ1n) is 25.8. The van der Waals surface area contributed by atoms with E-state index >= 15 is 0 Å². The summed E-state index contributed by atoms with van der Waals surface area (Å²) in [5.74, 6) is -4.28. The molecule has 0 aromatic heterocycles. The van der Waals surface area contributed by atoms with Gasteiger partial charge in [-0.25, -0.2) is 18.4 Å². The number of carboxylic acid groups (broad SMARTS) is 2. The molecule has 2 aliphatic carbocycles. The topological polar surface area (TPSA) is 272 Å². The van der Waals surface area contributed by atoms with Gasteiger partial charge in [0, 0.05) is 96.8 Å². The molecule has 6 rings (SSSR count). The Balaban J connectivity index is 0.000000279. The number of aliphatic hydroxyl groups is 2. The van der Waals surface area contributed by atoms with Crippen LogP contribution in [0, 0.1) is 37.3 Å². The molecule has 2 heterocycles. The Labute approximate surface area is 434 Å². The van der Waals surface area contributed by atoms with Crippen LogP contribution in [-0.4, -0.2) is 153 Å². The van der Waals surface area contributed by atoms with Crippen LogP contribution >= 0.6 is 0 Å². The number of rotatable bonds is 18. The number of aliphatic hydroxyl groups excluding tert-OH is 2. The van der Waals surface area contributed by atoms with E-state index in [1.165, 1.54) is 24.3 Å². The molecule has 2 saturated heterocycles. The molecule has 18 nitrogen and oxygen atoms in total. The van der Waals surface area contributed by atoms with Gasteiger partial charge in [-0.05, 0) is 115 Å². The highest BCUT2D eigenvalue weighted by Gasteiger charge is 2.42. The second-order valence-electron chi connectivity index (χ2n) is 21.9. The fraction of sp³-hybridized carbons (Fsp3) is 0.630. The molecule has 2 aliphatic heterocycles. The van der Waals surface area contributed by atoms with Gasteiger partial charge in [-0.1, -0.05) is 51.7 Å². The van der Waals surface area contributed by atoms with Crippen molar-refractivity contribution in [3.63, 3.8) is 0 Å². The third kappa shape index (κ3) is 18.2. The quantitative estimate of drug-likeness (QED) is 0.0964. The average molecular weight is 1040 g/mol. The summed E-state index contributed by atoms with van der Waals surface area (Å²) < 4.78 is 27.6. The highest BCUT2D eigenvalue weighted by molar-refractivity contribution is 5.97. The van der Waals surface area contributed by atoms with Crippen molar-refractivity contribution in [3.05, 3.63) is 71.3 Å². The SMILES string of the molecule is Cc1ccc(F)cc1N1CC(C)(C)N(C[C@H](N)[C@@H](O)C[C@@H](C)C(=O)NC2CCCC2)CC1=O.Cc1ccc(F)cc1N1CC(C)(C)N(C[C@H](N)[C@@H](O)C[C@@H](C)C(=O)NC2CCCC2)CC1=O.O=C(O)/C=C/C(=O)O. The maximum Gasteiger partial charge on any atom is 0.328 e. The molecule has 0 bridgehead atoms. The number of aryl methyl sites for hydroxylation is 2. The predicted molar refractivity (Wildman–Crippen MR) is 279 cm³/mol. The van der Waals surface area contributed by atoms with Crippen molar-refractivity contribution < 1.29 is 58.0 Å². The van der Waals surface area contributed by atoms with Gasteiger partial charge in [-0.15, -0.1) is 0 Å². The third-order valence-corrected chi connectivity index (χ3v) is 14.7. The van der Waals surface area contributed by atoms with E-state index in [4.69, 9.17) is 21.7 Å². The summed E-state index contributed by atoms with van der Waals surface area (Å²) in [5.41, 5.74) is 14.6. The number of benzene rings is 2. The third-order valence-electron chi connectivity index (χ3n) is 14.7. The van der Waals surface area contributed by atoms with Crippen LogP contribution in [0.15, 0.2) is 48.6 Å². The van der Waals surface area contributed by atoms with Gasteiger partial charge in [0.15, 0.2) is 0 Å². The Kier molecular flexibility index (Phi) is 22.7. The van der Waals surface area contributed by atoms with Crippen molar-refractivity contribution in [2.75, 3.05) is 49.1 Å². The summed E-state index contributed by atoms with van der Waals surface area (Å²) in [6.45, 7) is 17.1. The van der Waals surface area contributed by atoms with Gasteiger partial charge in [-0.3, -0.25) is 29.0 Å². The number of hydrogen-bond acceptors (Lipinski definition) is 12. The van der Waals surface area contributed by atoms with Crippen molar-refractivity contribution in [1.82, 2.24) is 20.4 Å². The van der Waals surface area contributed by atoms with Crippen LogP contribution < -0.4 is 31.9 Å². The highest BCUT2D eigenvalue weighted by atomic mass is 19.1. The fourth-order valence-electron chi connectivity index (χ4n) is 9.89. The molecule has 74 heavy (non-hydrogen) atoms. The van der Waals surface area contributed by atoms with Crippen LogP contribution in [0.25, 0.3) is 0 Å². The van der Waals surface area contributed by atoms with E-state index in [1.807, 2.05) is 65.2 Å². The monoisotopic (exact) mass is 1040 g/mol. The van der Waals surface area contributed by atoms with Crippen molar-refractivity contribution >= 4 is 46.9 Å². The molecular formula is C54H82F2N8O10. The molecular weight excluding hydrogens is 959 g/mol. The van der Waals surface area contributed by atoms with E-state index in [1.54, 1.807) is 21.9 Å². The Morgan fingerprint density at radius 3 is 1.28 bits per heavy atom. The summed E-state index contributed by atoms with van der Waals surface area (Å²) in [4.78, 5) is 77.1. The van der Waals surface area contributed by atoms with Crippen LogP contribution in [0.2, 0.25) is 0 Å². The van der Waals surface area contributed by atoms with Gasteiger partial charge < -0.3 is 52.3 Å². The molecule has 2 saturated carbocycles. The lowest BCUT2D eigenvalue weighted by Crippen LogP contribution is -2.64. The minimum absolute atomic E-state index is 0.0391. The van der Waals surface area contributed by atoms with E-state index in [2.05, 4.69) is 10.6 Å². The first-order chi connectivity index (χ1) is 34.6. The molecule has 20 heteroatoms. The number of nitrogens with one attached hydrogen (secondary N) is 2. The summed E-state index contributed by atoms with van der Waals surface area (Å²) >= 11 is 0. The zero-order valence-corrected chi connectivity index (χ0v) is 44.5. The van der Waals surface area contributed by atoms with Crippen molar-refractivity contribution in [2.24, 2.45) is 23.3 Å². The molecule has 0 spiro atoms. The molecule has 2 aromatic carbocycles. The number of anilines is 2. The average Bonchev–Trinajstić information content (AvgIpc) is 4.05. The zero-order chi connectivity index (χ0) is 55.2. The van der Waals surface area contributed by atoms with Crippen LogP contribution in [-0.2, 0) is 28.8 Å². The molecule has 4 fully saturated rings. The number of nitrogens with two attached hydrogens (primary N) is 2. The van der Waals surface area contributed by atoms with E-state index in [0.29, 0.717) is 49.7 Å². The number of nitrogens with zero attached hydrogens (tertiary/aromatic N) is 4. The van der Waals surface area contributed by atoms with Gasteiger partial charge in [0.05, 0.1) is 25.3 Å². The highest BCUT2D eigenvalue weighted by Crippen LogP contribution is 2.32. The lowest BCUT2D eigenvalue weighted by molar-refractivity contribution is -0.134. The molecule has 6 atom stereocenters. The first-order valence-corrected chi connectivity index (χ1v) is 25.8. The summed E-state index contributed by atoms with van der Waals surface area (Å²) in [5, 5.41) is 43.2. The van der Waals surface area contributed by atoms with Gasteiger partial charge in [0.1, 0.15) is 11.6 Å². The van der Waals surface area contributed by atoms with Crippen LogP contribution in [0.5, 0.6) is 0 Å². The van der Waals surface area contributed by atoms with Crippen molar-refractivity contribution in [2.45, 2.75) is 167 Å². The predicted octanol–water partition coefficient (Wildman–Crippen LogP) is 4.38. The number of carbonyl (C=O) groups is 6. The summed E-state index contributed by atoms with van der Waals surface area (Å²) in [6.07, 6.45) is 8.61. The van der Waals surface area contributed by atoms with E-state index in [9.17, 15) is 47.8 Å². The number of aliphatic carboxylic acids is 2. The van der Waals surface area contributed by atoms with Gasteiger partial charge >= 0.3 is 11.9 Å². The van der Waals surface area contributed by atoms with Crippen LogP contribution in [0.4, 0.5) is 20.2 Å². The Bertz CT molecular complexity index is 2130. The number of carbonyl (C=O) groups excluding carboxylic acids is 4. The standard InChI is InChI=1S/2C25H39FN4O3.C4H4O4/c2*1-16-9-10-18(26)12-21(16)30-15-25(3,4)29(14-23(30)32)13-20(27)22(31)11-17(2)24(33)28-19-7-5-6-8-19;5-3(6)1-2-4(7)8/h2*9-10,12,17,19-20,22,31H,5-8,11,13-15,27H2,1-4H3,(H,28,33);1-2H,(H,5,6)(H,7,8)/b;;2-1+/t2*17-,20+,22+;/m11./s1. The largest absolute Gasteiger partial charge is 0.478 e. The summed E-state index contributed by atoms with van der Waals surface area (Å²) in [7, 11) is 0. The molecule has 412 valence electrons. The lowest BCUT2D eigenvalue weighted by Gasteiger charge is -2.48. The van der Waals surface area contributed by atoms with Crippen LogP contribution in [0.1, 0.15) is 117 Å². The minimum Gasteiger partial charge on any atom is -0.478 e. The van der Waals surface area contributed by atoms with Gasteiger partial charge in [0.2, 0.25) is 23.6 Å². The molecule has 0 unspecified atom stereocenters. The number of piperazine rings is 2. The Morgan fingerprint density at radius 2 is 0.973 bits per heavy atom. The van der Waals surface area contributed by atoms with Crippen molar-refractivity contribution in [1.29, 1.82) is 0 Å². The minimum atomic E-state index is -1.26. The molecule has 4 amide bonds. The van der Waals surface area contributed by atoms with E-state index in [-0.39, 0.29) is 85.1 Å². The number of halogens is 2. The number of hydrogen-bond donors (Lipinski definition) is 8. The summed E-state index contributed by atoms with van der Waals surface area (Å²) in [6, 6.07) is 8.22. The molecule has 10 N–H and O–H groups in total. The smallest absolute Gasteiger partial charge is 0.328 e. The maximum absolute atomic E-state index is 13.8. The molecule has 2 aromatic rings. The molecule has 4 aliphatic rings. The van der Waals surface area contributed by atoms with E-state index < -0.39 is 47.3 Å². The number of amides is 4. The normalized spacial score (nSPS) is 20.9. The molecule has 0 radical (unpaired) electrons. The van der Waals surface area contributed by atoms with Gasteiger partial charge in [-0.2, -0.15) is 0 Å². The van der Waals surface area contributed by atoms with Crippen molar-refractivity contribution in [3.8, 4) is 0 Å². The number of carboxylic acids is 2. The second kappa shape index (κ2) is 27.4. The zero-order valence-electron chi connectivity index (χ0n) is 44.5. The lowest BCUT2D eigenvalue weighted by atomic mass is 9.93. The fourth-order valence-corrected chi connectivity index (χ4v) is 9.89.